The van der Waals surface area contributed by atoms with Gasteiger partial charge in [0.1, 0.15) is 0 Å². The van der Waals surface area contributed by atoms with E-state index < -0.39 is 11.7 Å². The Morgan fingerprint density at radius 1 is 1.16 bits per heavy atom. The van der Waals surface area contributed by atoms with Crippen LogP contribution in [0.4, 0.5) is 18.9 Å². The van der Waals surface area contributed by atoms with Gasteiger partial charge in [0.05, 0.1) is 5.56 Å². The topological polar surface area (TPSA) is 29.3 Å². The van der Waals surface area contributed by atoms with E-state index >= 15 is 0 Å². The van der Waals surface area contributed by atoms with Crippen LogP contribution in [0.3, 0.4) is 0 Å². The fourth-order valence-electron chi connectivity index (χ4n) is 2.51. The van der Waals surface area contributed by atoms with Crippen molar-refractivity contribution < 1.29 is 13.2 Å². The molecule has 2 rings (SSSR count). The van der Waals surface area contributed by atoms with Crippen LogP contribution in [0, 0.1) is 0 Å². The second-order valence-electron chi connectivity index (χ2n) is 4.94. The maximum absolute atomic E-state index is 13.2. The van der Waals surface area contributed by atoms with E-state index in [-0.39, 0.29) is 0 Å². The van der Waals surface area contributed by atoms with Crippen molar-refractivity contribution in [3.05, 3.63) is 29.3 Å². The molecular formula is C14H19F3N2. The fourth-order valence-corrected chi connectivity index (χ4v) is 2.51. The molecule has 0 amide bonds. The Kier molecular flexibility index (Phi) is 4.34. The zero-order valence-corrected chi connectivity index (χ0v) is 10.8. The third-order valence-electron chi connectivity index (χ3n) is 3.48. The third kappa shape index (κ3) is 3.41. The van der Waals surface area contributed by atoms with E-state index in [1.165, 1.54) is 6.07 Å². The monoisotopic (exact) mass is 272 g/mol. The van der Waals surface area contributed by atoms with Crippen LogP contribution in [0.15, 0.2) is 18.2 Å². The normalized spacial score (nSPS) is 16.1. The van der Waals surface area contributed by atoms with E-state index in [4.69, 9.17) is 5.73 Å². The van der Waals surface area contributed by atoms with Gasteiger partial charge in [0, 0.05) is 18.8 Å². The Morgan fingerprint density at radius 2 is 1.84 bits per heavy atom. The number of anilines is 1. The van der Waals surface area contributed by atoms with Crippen molar-refractivity contribution in [1.29, 1.82) is 0 Å². The molecule has 0 atom stereocenters. The van der Waals surface area contributed by atoms with Gasteiger partial charge in [0.15, 0.2) is 0 Å². The van der Waals surface area contributed by atoms with Gasteiger partial charge in [0.25, 0.3) is 0 Å². The molecule has 1 aliphatic rings. The summed E-state index contributed by atoms with van der Waals surface area (Å²) in [7, 11) is 0. The molecular weight excluding hydrogens is 253 g/mol. The summed E-state index contributed by atoms with van der Waals surface area (Å²) in [6.07, 6.45) is -1.06. The predicted octanol–water partition coefficient (Wildman–Crippen LogP) is 3.20. The van der Waals surface area contributed by atoms with Crippen LogP contribution >= 0.6 is 0 Å². The Bertz CT molecular complexity index is 423. The zero-order chi connectivity index (χ0) is 13.9. The molecule has 0 radical (unpaired) electrons. The molecule has 0 unspecified atom stereocenters. The number of nitrogens with zero attached hydrogens (tertiary/aromatic N) is 1. The summed E-state index contributed by atoms with van der Waals surface area (Å²) < 4.78 is 39.5. The third-order valence-corrected chi connectivity index (χ3v) is 3.48. The van der Waals surface area contributed by atoms with Crippen molar-refractivity contribution in [1.82, 2.24) is 0 Å². The minimum atomic E-state index is -4.29. The van der Waals surface area contributed by atoms with Crippen LogP contribution in [0.5, 0.6) is 0 Å². The molecule has 0 aliphatic carbocycles. The Hall–Kier alpha value is -1.23. The van der Waals surface area contributed by atoms with Crippen molar-refractivity contribution in [2.75, 3.05) is 24.5 Å². The van der Waals surface area contributed by atoms with Crippen LogP contribution in [-0.2, 0) is 12.6 Å². The zero-order valence-electron chi connectivity index (χ0n) is 10.8. The molecule has 1 fully saturated rings. The Balaban J connectivity index is 2.31. The molecule has 0 spiro atoms. The fraction of sp³-hybridized carbons (Fsp3) is 0.571. The average Bonchev–Trinajstić information content (AvgIpc) is 2.88. The highest BCUT2D eigenvalue weighted by Crippen LogP contribution is 2.38. The molecule has 0 saturated carbocycles. The first-order valence-corrected chi connectivity index (χ1v) is 6.67. The van der Waals surface area contributed by atoms with Crippen LogP contribution in [-0.4, -0.2) is 19.6 Å². The minimum absolute atomic E-state index is 0.321. The molecule has 1 saturated heterocycles. The van der Waals surface area contributed by atoms with Crippen LogP contribution in [0.1, 0.15) is 30.4 Å². The smallest absolute Gasteiger partial charge is 0.371 e. The Labute approximate surface area is 111 Å². The second-order valence-corrected chi connectivity index (χ2v) is 4.94. The quantitative estimate of drug-likeness (QED) is 0.912. The van der Waals surface area contributed by atoms with E-state index in [0.717, 1.165) is 12.8 Å². The molecule has 1 aromatic rings. The SMILES string of the molecule is NCCCc1ccc(N2CCCC2)c(C(F)(F)F)c1. The molecule has 2 nitrogen and oxygen atoms in total. The molecule has 0 bridgehead atoms. The van der Waals surface area contributed by atoms with Crippen molar-refractivity contribution in [2.45, 2.75) is 31.9 Å². The van der Waals surface area contributed by atoms with Gasteiger partial charge in [-0.25, -0.2) is 0 Å². The number of aryl methyl sites for hydroxylation is 1. The summed E-state index contributed by atoms with van der Waals surface area (Å²) in [5.41, 5.74) is 5.92. The molecule has 1 heterocycles. The lowest BCUT2D eigenvalue weighted by atomic mass is 10.0. The van der Waals surface area contributed by atoms with E-state index in [1.807, 2.05) is 4.90 Å². The van der Waals surface area contributed by atoms with Gasteiger partial charge >= 0.3 is 6.18 Å². The van der Waals surface area contributed by atoms with Crippen LogP contribution in [0.25, 0.3) is 0 Å². The van der Waals surface area contributed by atoms with Gasteiger partial charge in [0.2, 0.25) is 0 Å². The highest BCUT2D eigenvalue weighted by molar-refractivity contribution is 5.57. The van der Waals surface area contributed by atoms with Gasteiger partial charge in [-0.15, -0.1) is 0 Å². The molecule has 0 aromatic heterocycles. The molecule has 1 aromatic carbocycles. The van der Waals surface area contributed by atoms with E-state index in [1.54, 1.807) is 12.1 Å². The average molecular weight is 272 g/mol. The number of hydrogen-bond donors (Lipinski definition) is 1. The summed E-state index contributed by atoms with van der Waals surface area (Å²) >= 11 is 0. The lowest BCUT2D eigenvalue weighted by Crippen LogP contribution is -2.22. The van der Waals surface area contributed by atoms with Crippen LogP contribution < -0.4 is 10.6 Å². The van der Waals surface area contributed by atoms with Crippen molar-refractivity contribution >= 4 is 5.69 Å². The number of hydrogen-bond acceptors (Lipinski definition) is 2. The maximum atomic E-state index is 13.2. The first-order chi connectivity index (χ1) is 9.02. The first kappa shape index (κ1) is 14.2. The van der Waals surface area contributed by atoms with Gasteiger partial charge < -0.3 is 10.6 Å². The highest BCUT2D eigenvalue weighted by Gasteiger charge is 2.35. The van der Waals surface area contributed by atoms with E-state index in [0.29, 0.717) is 43.7 Å². The lowest BCUT2D eigenvalue weighted by Gasteiger charge is -2.23. The van der Waals surface area contributed by atoms with Gasteiger partial charge in [-0.3, -0.25) is 0 Å². The number of alkyl halides is 3. The molecule has 2 N–H and O–H groups in total. The molecule has 5 heteroatoms. The van der Waals surface area contributed by atoms with Gasteiger partial charge in [-0.1, -0.05) is 6.07 Å². The number of nitrogens with two attached hydrogens (primary N) is 1. The largest absolute Gasteiger partial charge is 0.418 e. The van der Waals surface area contributed by atoms with Gasteiger partial charge in [-0.2, -0.15) is 13.2 Å². The minimum Gasteiger partial charge on any atom is -0.371 e. The summed E-state index contributed by atoms with van der Waals surface area (Å²) in [6, 6.07) is 4.68. The molecule has 19 heavy (non-hydrogen) atoms. The van der Waals surface area contributed by atoms with Crippen molar-refractivity contribution in [3.8, 4) is 0 Å². The Morgan fingerprint density at radius 3 is 2.42 bits per heavy atom. The molecule has 1 aliphatic heterocycles. The van der Waals surface area contributed by atoms with E-state index in [2.05, 4.69) is 0 Å². The maximum Gasteiger partial charge on any atom is 0.418 e. The first-order valence-electron chi connectivity index (χ1n) is 6.67. The number of rotatable bonds is 4. The number of halogens is 3. The van der Waals surface area contributed by atoms with Crippen LogP contribution in [0.2, 0.25) is 0 Å². The number of benzene rings is 1. The summed E-state index contributed by atoms with van der Waals surface area (Å²) in [6.45, 7) is 1.92. The molecule has 106 valence electrons. The van der Waals surface area contributed by atoms with Crippen molar-refractivity contribution in [2.24, 2.45) is 5.73 Å². The summed E-state index contributed by atoms with van der Waals surface area (Å²) in [4.78, 5) is 1.83. The van der Waals surface area contributed by atoms with Gasteiger partial charge in [-0.05, 0) is 49.9 Å². The summed E-state index contributed by atoms with van der Waals surface area (Å²) in [5, 5.41) is 0. The second kappa shape index (κ2) is 5.82. The lowest BCUT2D eigenvalue weighted by molar-refractivity contribution is -0.137. The standard InChI is InChI=1S/C14H19F3N2/c15-14(16,17)12-10-11(4-3-7-18)5-6-13(12)19-8-1-2-9-19/h5-6,10H,1-4,7-9,18H2. The van der Waals surface area contributed by atoms with E-state index in [9.17, 15) is 13.2 Å². The van der Waals surface area contributed by atoms with Crippen molar-refractivity contribution in [3.63, 3.8) is 0 Å². The predicted molar refractivity (Wildman–Crippen MR) is 70.3 cm³/mol. The highest BCUT2D eigenvalue weighted by atomic mass is 19.4. The summed E-state index contributed by atoms with van der Waals surface area (Å²) in [5.74, 6) is 0.